The molecular weight excluding hydrogens is 214 g/mol. The zero-order valence-electron chi connectivity index (χ0n) is 10.4. The molecule has 0 bridgehead atoms. The predicted molar refractivity (Wildman–Crippen MR) is 65.8 cm³/mol. The molecular formula is C13H21N3O. The molecule has 4 nitrogen and oxygen atoms in total. The van der Waals surface area contributed by atoms with Crippen molar-refractivity contribution in [2.24, 2.45) is 0 Å². The van der Waals surface area contributed by atoms with E-state index >= 15 is 0 Å². The van der Waals surface area contributed by atoms with Gasteiger partial charge in [0.1, 0.15) is 0 Å². The molecule has 0 spiro atoms. The topological polar surface area (TPSA) is 39.1 Å². The van der Waals surface area contributed by atoms with Crippen LogP contribution in [0.5, 0.6) is 0 Å². The second-order valence-corrected chi connectivity index (χ2v) is 5.31. The highest BCUT2D eigenvalue weighted by Crippen LogP contribution is 2.26. The minimum Gasteiger partial charge on any atom is -0.378 e. The number of nitrogens with one attached hydrogen (secondary N) is 1. The Morgan fingerprint density at radius 1 is 1.47 bits per heavy atom. The maximum Gasteiger partial charge on any atom is 0.0951 e. The zero-order chi connectivity index (χ0) is 11.7. The lowest BCUT2D eigenvalue weighted by Gasteiger charge is -2.29. The van der Waals surface area contributed by atoms with Crippen molar-refractivity contribution in [2.45, 2.75) is 57.3 Å². The largest absolute Gasteiger partial charge is 0.378 e. The molecule has 2 fully saturated rings. The van der Waals surface area contributed by atoms with E-state index in [1.807, 2.05) is 12.5 Å². The van der Waals surface area contributed by atoms with Crippen LogP contribution in [0.25, 0.3) is 0 Å². The van der Waals surface area contributed by atoms with E-state index in [0.717, 1.165) is 32.0 Å². The lowest BCUT2D eigenvalue weighted by atomic mass is 10.0. The number of hydrogen-bond donors (Lipinski definition) is 1. The summed E-state index contributed by atoms with van der Waals surface area (Å²) in [6.45, 7) is 3.99. The Balaban J connectivity index is 1.66. The lowest BCUT2D eigenvalue weighted by molar-refractivity contribution is 0.00541. The molecule has 94 valence electrons. The van der Waals surface area contributed by atoms with Gasteiger partial charge in [0.2, 0.25) is 0 Å². The van der Waals surface area contributed by atoms with Gasteiger partial charge in [0, 0.05) is 31.4 Å². The summed E-state index contributed by atoms with van der Waals surface area (Å²) < 4.78 is 7.95. The van der Waals surface area contributed by atoms with Crippen LogP contribution in [0, 0.1) is 0 Å². The van der Waals surface area contributed by atoms with E-state index in [9.17, 15) is 0 Å². The Morgan fingerprint density at radius 2 is 2.35 bits per heavy atom. The van der Waals surface area contributed by atoms with E-state index in [1.54, 1.807) is 0 Å². The van der Waals surface area contributed by atoms with Crippen molar-refractivity contribution in [1.29, 1.82) is 0 Å². The quantitative estimate of drug-likeness (QED) is 0.866. The molecule has 1 N–H and O–H groups in total. The van der Waals surface area contributed by atoms with Crippen LogP contribution in [0.15, 0.2) is 12.5 Å². The molecule has 2 unspecified atom stereocenters. The van der Waals surface area contributed by atoms with Crippen molar-refractivity contribution in [2.75, 3.05) is 6.61 Å². The van der Waals surface area contributed by atoms with Crippen molar-refractivity contribution in [3.63, 3.8) is 0 Å². The molecule has 1 saturated carbocycles. The fourth-order valence-corrected chi connectivity index (χ4v) is 2.56. The molecule has 17 heavy (non-hydrogen) atoms. The first-order valence-corrected chi connectivity index (χ1v) is 6.68. The van der Waals surface area contributed by atoms with Gasteiger partial charge in [-0.1, -0.05) is 0 Å². The molecule has 1 aromatic rings. The Bertz CT molecular complexity index is 372. The third-order valence-corrected chi connectivity index (χ3v) is 3.75. The Morgan fingerprint density at radius 3 is 3.12 bits per heavy atom. The summed E-state index contributed by atoms with van der Waals surface area (Å²) in [5.41, 5.74) is 1.32. The van der Waals surface area contributed by atoms with E-state index < -0.39 is 0 Å². The highest BCUT2D eigenvalue weighted by molar-refractivity contribution is 5.02. The molecule has 1 saturated heterocycles. The summed E-state index contributed by atoms with van der Waals surface area (Å²) in [7, 11) is 0. The van der Waals surface area contributed by atoms with Gasteiger partial charge in [0.15, 0.2) is 0 Å². The minimum atomic E-state index is 0.375. The van der Waals surface area contributed by atoms with Gasteiger partial charge in [-0.3, -0.25) is 0 Å². The average Bonchev–Trinajstić information content (AvgIpc) is 3.04. The van der Waals surface area contributed by atoms with Crippen LogP contribution in [0.4, 0.5) is 0 Å². The Kier molecular flexibility index (Phi) is 3.16. The molecule has 1 aliphatic heterocycles. The van der Waals surface area contributed by atoms with Crippen molar-refractivity contribution < 1.29 is 4.74 Å². The highest BCUT2D eigenvalue weighted by atomic mass is 16.5. The van der Waals surface area contributed by atoms with Crippen molar-refractivity contribution in [1.82, 2.24) is 14.9 Å². The summed E-state index contributed by atoms with van der Waals surface area (Å²) in [6.07, 6.45) is 9.23. The number of nitrogens with zero attached hydrogens (tertiary/aromatic N) is 2. The fourth-order valence-electron chi connectivity index (χ4n) is 2.56. The van der Waals surface area contributed by atoms with Gasteiger partial charge in [-0.05, 0) is 32.6 Å². The summed E-state index contributed by atoms with van der Waals surface area (Å²) in [5.74, 6) is 0. The number of aromatic nitrogens is 2. The first-order chi connectivity index (χ1) is 8.33. The van der Waals surface area contributed by atoms with Crippen LogP contribution in [0.3, 0.4) is 0 Å². The Labute approximate surface area is 102 Å². The molecule has 2 aliphatic rings. The summed E-state index contributed by atoms with van der Waals surface area (Å²) in [4.78, 5) is 4.30. The van der Waals surface area contributed by atoms with Crippen molar-refractivity contribution in [3.8, 4) is 0 Å². The minimum absolute atomic E-state index is 0.375. The van der Waals surface area contributed by atoms with Gasteiger partial charge < -0.3 is 14.6 Å². The van der Waals surface area contributed by atoms with Gasteiger partial charge in [-0.2, -0.15) is 0 Å². The smallest absolute Gasteiger partial charge is 0.0951 e. The average molecular weight is 235 g/mol. The van der Waals surface area contributed by atoms with Crippen LogP contribution < -0.4 is 5.32 Å². The number of imidazole rings is 1. The summed E-state index contributed by atoms with van der Waals surface area (Å²) in [5, 5.41) is 3.56. The molecule has 0 amide bonds. The summed E-state index contributed by atoms with van der Waals surface area (Å²) >= 11 is 0. The van der Waals surface area contributed by atoms with Gasteiger partial charge in [-0.15, -0.1) is 0 Å². The SMILES string of the molecule is CC1CC(n2cncc2CNC2CC2)CCO1. The molecule has 1 aromatic heterocycles. The monoisotopic (exact) mass is 235 g/mol. The molecule has 0 aromatic carbocycles. The Hall–Kier alpha value is -0.870. The lowest BCUT2D eigenvalue weighted by Crippen LogP contribution is -2.27. The van der Waals surface area contributed by atoms with E-state index in [2.05, 4.69) is 21.8 Å². The maximum absolute atomic E-state index is 5.60. The molecule has 4 heteroatoms. The molecule has 1 aliphatic carbocycles. The number of rotatable bonds is 4. The first-order valence-electron chi connectivity index (χ1n) is 6.68. The second kappa shape index (κ2) is 4.78. The predicted octanol–water partition coefficient (Wildman–Crippen LogP) is 1.88. The molecule has 2 heterocycles. The molecule has 3 rings (SSSR count). The maximum atomic E-state index is 5.60. The van der Waals surface area contributed by atoms with E-state index in [-0.39, 0.29) is 0 Å². The first kappa shape index (κ1) is 11.2. The normalized spacial score (nSPS) is 29.5. The standard InChI is InChI=1S/C13H21N3O/c1-10-6-12(4-5-17-10)16-9-14-7-13(16)8-15-11-2-3-11/h7,9-12,15H,2-6,8H2,1H3. The molecule has 0 radical (unpaired) electrons. The van der Waals surface area contributed by atoms with Crippen LogP contribution >= 0.6 is 0 Å². The van der Waals surface area contributed by atoms with E-state index in [1.165, 1.54) is 18.5 Å². The van der Waals surface area contributed by atoms with Gasteiger partial charge in [-0.25, -0.2) is 4.98 Å². The van der Waals surface area contributed by atoms with Crippen LogP contribution in [0.2, 0.25) is 0 Å². The van der Waals surface area contributed by atoms with Gasteiger partial charge in [0.25, 0.3) is 0 Å². The molecule has 2 atom stereocenters. The second-order valence-electron chi connectivity index (χ2n) is 5.31. The third-order valence-electron chi connectivity index (χ3n) is 3.75. The van der Waals surface area contributed by atoms with E-state index in [0.29, 0.717) is 12.1 Å². The van der Waals surface area contributed by atoms with Crippen molar-refractivity contribution >= 4 is 0 Å². The highest BCUT2D eigenvalue weighted by Gasteiger charge is 2.24. The fraction of sp³-hybridized carbons (Fsp3) is 0.769. The van der Waals surface area contributed by atoms with E-state index in [4.69, 9.17) is 4.74 Å². The van der Waals surface area contributed by atoms with Gasteiger partial charge >= 0.3 is 0 Å². The number of ether oxygens (including phenoxy) is 1. The van der Waals surface area contributed by atoms with Crippen LogP contribution in [-0.4, -0.2) is 28.3 Å². The van der Waals surface area contributed by atoms with Crippen LogP contribution in [0.1, 0.15) is 44.3 Å². The number of hydrogen-bond acceptors (Lipinski definition) is 3. The van der Waals surface area contributed by atoms with Crippen molar-refractivity contribution in [3.05, 3.63) is 18.2 Å². The van der Waals surface area contributed by atoms with Gasteiger partial charge in [0.05, 0.1) is 18.1 Å². The van der Waals surface area contributed by atoms with Crippen LogP contribution in [-0.2, 0) is 11.3 Å². The third kappa shape index (κ3) is 2.69. The summed E-state index contributed by atoms with van der Waals surface area (Å²) in [6, 6.07) is 1.32. The zero-order valence-corrected chi connectivity index (χ0v) is 10.4.